The van der Waals surface area contributed by atoms with Crippen LogP contribution in [0.15, 0.2) is 36.4 Å². The Morgan fingerprint density at radius 3 is 2.34 bits per heavy atom. The Labute approximate surface area is 196 Å². The molecule has 0 saturated heterocycles. The number of ether oxygens (including phenoxy) is 1. The number of hydrogen-bond acceptors (Lipinski definition) is 2. The lowest BCUT2D eigenvalue weighted by Crippen LogP contribution is -2.24. The monoisotopic (exact) mass is 434 g/mol. The minimum atomic E-state index is -0.190. The molecule has 0 radical (unpaired) electrons. The third kappa shape index (κ3) is 8.16. The van der Waals surface area contributed by atoms with Gasteiger partial charge in [0.15, 0.2) is 0 Å². The molecule has 0 amide bonds. The normalized spacial score (nSPS) is 25.8. The maximum Gasteiger partial charge on any atom is 0.338 e. The molecule has 0 atom stereocenters. The molecule has 0 spiro atoms. The van der Waals surface area contributed by atoms with Crippen LogP contribution in [0.25, 0.3) is 0 Å². The molecule has 0 aromatic heterocycles. The highest BCUT2D eigenvalue weighted by atomic mass is 16.5. The van der Waals surface area contributed by atoms with Crippen molar-refractivity contribution in [3.8, 4) is 11.8 Å². The van der Waals surface area contributed by atoms with Crippen LogP contribution >= 0.6 is 0 Å². The number of hydrogen-bond donors (Lipinski definition) is 0. The van der Waals surface area contributed by atoms with Gasteiger partial charge in [-0.2, -0.15) is 0 Å². The molecule has 1 aromatic carbocycles. The number of benzene rings is 1. The second kappa shape index (κ2) is 13.5. The van der Waals surface area contributed by atoms with Crippen molar-refractivity contribution in [3.05, 3.63) is 47.5 Å². The number of allylic oxidation sites excluding steroid dienone is 2. The summed E-state index contributed by atoms with van der Waals surface area (Å²) < 4.78 is 5.74. The van der Waals surface area contributed by atoms with E-state index in [1.54, 1.807) is 0 Å². The highest BCUT2D eigenvalue weighted by molar-refractivity contribution is 5.89. The summed E-state index contributed by atoms with van der Waals surface area (Å²) >= 11 is 0. The molecular weight excluding hydrogens is 392 g/mol. The van der Waals surface area contributed by atoms with Crippen LogP contribution in [-0.4, -0.2) is 12.1 Å². The zero-order valence-corrected chi connectivity index (χ0v) is 20.3. The Balaban J connectivity index is 1.33. The Bertz CT molecular complexity index is 763. The lowest BCUT2D eigenvalue weighted by Gasteiger charge is -2.26. The lowest BCUT2D eigenvalue weighted by molar-refractivity contribution is 0.0188. The van der Waals surface area contributed by atoms with Gasteiger partial charge in [0.25, 0.3) is 0 Å². The molecule has 174 valence electrons. The predicted molar refractivity (Wildman–Crippen MR) is 133 cm³/mol. The zero-order chi connectivity index (χ0) is 22.6. The maximum atomic E-state index is 12.4. The zero-order valence-electron chi connectivity index (χ0n) is 20.3. The molecule has 2 heteroatoms. The lowest BCUT2D eigenvalue weighted by atomic mass is 9.79. The Kier molecular flexibility index (Phi) is 10.4. The molecule has 0 bridgehead atoms. The molecule has 2 aliphatic rings. The van der Waals surface area contributed by atoms with Crippen molar-refractivity contribution in [2.24, 2.45) is 17.8 Å². The second-order valence-corrected chi connectivity index (χ2v) is 9.85. The van der Waals surface area contributed by atoms with Crippen LogP contribution in [0.4, 0.5) is 0 Å². The largest absolute Gasteiger partial charge is 0.459 e. The summed E-state index contributed by atoms with van der Waals surface area (Å²) in [5.74, 6) is 8.70. The van der Waals surface area contributed by atoms with Crippen molar-refractivity contribution in [2.75, 3.05) is 0 Å². The molecular formula is C30H42O2. The number of carbonyl (C=O) groups excluding carboxylic acids is 1. The van der Waals surface area contributed by atoms with Crippen molar-refractivity contribution in [2.45, 2.75) is 103 Å². The molecule has 0 unspecified atom stereocenters. The van der Waals surface area contributed by atoms with Gasteiger partial charge in [0, 0.05) is 5.92 Å². The highest BCUT2D eigenvalue weighted by Gasteiger charge is 2.23. The van der Waals surface area contributed by atoms with E-state index in [1.165, 1.54) is 56.9 Å². The quantitative estimate of drug-likeness (QED) is 0.236. The maximum absolute atomic E-state index is 12.4. The Morgan fingerprint density at radius 1 is 0.969 bits per heavy atom. The van der Waals surface area contributed by atoms with Crippen LogP contribution in [0.2, 0.25) is 0 Å². The van der Waals surface area contributed by atoms with E-state index >= 15 is 0 Å². The first-order valence-corrected chi connectivity index (χ1v) is 13.2. The van der Waals surface area contributed by atoms with E-state index in [9.17, 15) is 4.79 Å². The molecule has 1 aromatic rings. The smallest absolute Gasteiger partial charge is 0.338 e. The third-order valence-electron chi connectivity index (χ3n) is 7.39. The minimum Gasteiger partial charge on any atom is -0.459 e. The van der Waals surface area contributed by atoms with Crippen molar-refractivity contribution in [3.63, 3.8) is 0 Å². The first-order chi connectivity index (χ1) is 15.7. The fourth-order valence-electron chi connectivity index (χ4n) is 5.12. The molecule has 0 aliphatic heterocycles. The van der Waals surface area contributed by atoms with Gasteiger partial charge in [-0.3, -0.25) is 0 Å². The Hall–Kier alpha value is -2.01. The summed E-state index contributed by atoms with van der Waals surface area (Å²) in [6.07, 6.45) is 20.4. The van der Waals surface area contributed by atoms with Gasteiger partial charge in [0.2, 0.25) is 0 Å². The highest BCUT2D eigenvalue weighted by Crippen LogP contribution is 2.32. The van der Waals surface area contributed by atoms with E-state index in [2.05, 4.69) is 37.8 Å². The van der Waals surface area contributed by atoms with Crippen molar-refractivity contribution < 1.29 is 9.53 Å². The molecule has 2 aliphatic carbocycles. The van der Waals surface area contributed by atoms with E-state index < -0.39 is 0 Å². The van der Waals surface area contributed by atoms with E-state index in [-0.39, 0.29) is 12.1 Å². The number of esters is 1. The van der Waals surface area contributed by atoms with Gasteiger partial charge in [-0.05, 0) is 93.4 Å². The molecule has 0 heterocycles. The van der Waals surface area contributed by atoms with Gasteiger partial charge in [-0.15, -0.1) is 0 Å². The summed E-state index contributed by atoms with van der Waals surface area (Å²) in [4.78, 5) is 12.4. The summed E-state index contributed by atoms with van der Waals surface area (Å²) in [5, 5.41) is 0. The molecule has 2 nitrogen and oxygen atoms in total. The molecule has 3 rings (SSSR count). The molecule has 2 fully saturated rings. The Morgan fingerprint density at radius 2 is 1.69 bits per heavy atom. The van der Waals surface area contributed by atoms with E-state index in [1.807, 2.05) is 24.3 Å². The third-order valence-corrected chi connectivity index (χ3v) is 7.39. The average Bonchev–Trinajstić information content (AvgIpc) is 2.84. The van der Waals surface area contributed by atoms with Crippen molar-refractivity contribution in [1.82, 2.24) is 0 Å². The van der Waals surface area contributed by atoms with Crippen LogP contribution in [0.3, 0.4) is 0 Å². The van der Waals surface area contributed by atoms with Gasteiger partial charge in [-0.25, -0.2) is 4.79 Å². The summed E-state index contributed by atoms with van der Waals surface area (Å²) in [7, 11) is 0. The first-order valence-electron chi connectivity index (χ1n) is 13.2. The number of rotatable bonds is 8. The average molecular weight is 435 g/mol. The van der Waals surface area contributed by atoms with E-state index in [0.29, 0.717) is 11.5 Å². The molecule has 0 N–H and O–H groups in total. The van der Waals surface area contributed by atoms with Crippen molar-refractivity contribution in [1.29, 1.82) is 0 Å². The van der Waals surface area contributed by atoms with Gasteiger partial charge in [0.1, 0.15) is 6.10 Å². The van der Waals surface area contributed by atoms with Crippen LogP contribution < -0.4 is 0 Å². The summed E-state index contributed by atoms with van der Waals surface area (Å²) in [6, 6.07) is 7.78. The number of aryl methyl sites for hydroxylation is 1. The first kappa shape index (κ1) is 24.6. The fourth-order valence-corrected chi connectivity index (χ4v) is 5.12. The number of carbonyl (C=O) groups is 1. The van der Waals surface area contributed by atoms with Crippen LogP contribution in [0.5, 0.6) is 0 Å². The van der Waals surface area contributed by atoms with Gasteiger partial charge in [-0.1, -0.05) is 69.6 Å². The van der Waals surface area contributed by atoms with Gasteiger partial charge >= 0.3 is 5.97 Å². The predicted octanol–water partition coefficient (Wildman–Crippen LogP) is 7.91. The van der Waals surface area contributed by atoms with Crippen molar-refractivity contribution >= 4 is 5.97 Å². The second-order valence-electron chi connectivity index (χ2n) is 9.85. The number of unbranched alkanes of at least 4 members (excludes halogenated alkanes) is 2. The van der Waals surface area contributed by atoms with Crippen LogP contribution in [0.1, 0.15) is 107 Å². The van der Waals surface area contributed by atoms with E-state index in [0.717, 1.165) is 43.9 Å². The minimum absolute atomic E-state index is 0.0365. The standard InChI is InChI=1S/C30H42O2/c1-3-5-6-9-25-12-14-26(15-13-25)10-7-8-11-27-18-22-29(23-19-27)32-30(31)28-20-16-24(4-2)17-21-28/h7,10,16-17,20-21,25-27,29H,3-6,9,12-15,18-19,22-23H2,1-2H3/t25-,26-,27-,29-. The van der Waals surface area contributed by atoms with Crippen LogP contribution in [0, 0.1) is 29.6 Å². The summed E-state index contributed by atoms with van der Waals surface area (Å²) in [5.41, 5.74) is 1.90. The van der Waals surface area contributed by atoms with Crippen LogP contribution in [-0.2, 0) is 11.2 Å². The fraction of sp³-hybridized carbons (Fsp3) is 0.633. The van der Waals surface area contributed by atoms with Gasteiger partial charge < -0.3 is 4.74 Å². The molecule has 32 heavy (non-hydrogen) atoms. The summed E-state index contributed by atoms with van der Waals surface area (Å²) in [6.45, 7) is 4.40. The van der Waals surface area contributed by atoms with Gasteiger partial charge in [0.05, 0.1) is 5.56 Å². The van der Waals surface area contributed by atoms with E-state index in [4.69, 9.17) is 4.74 Å². The topological polar surface area (TPSA) is 26.3 Å². The molecule has 2 saturated carbocycles. The SMILES string of the molecule is CCCCC[C@H]1CC[C@H](C=CC#C[C@H]2CC[C@H](OC(=O)c3ccc(CC)cc3)CC2)CC1.